The predicted molar refractivity (Wildman–Crippen MR) is 55.3 cm³/mol. The molecule has 0 radical (unpaired) electrons. The van der Waals surface area contributed by atoms with E-state index in [1.54, 1.807) is 11.8 Å². The minimum Gasteiger partial charge on any atom is -0.382 e. The quantitative estimate of drug-likeness (QED) is 0.633. The molecule has 2 heterocycles. The second kappa shape index (κ2) is 2.59. The van der Waals surface area contributed by atoms with Gasteiger partial charge < -0.3 is 5.11 Å². The van der Waals surface area contributed by atoms with Crippen molar-refractivity contribution >= 4 is 11.6 Å². The number of para-hydroxylation sites is 1. The third-order valence-corrected chi connectivity index (χ3v) is 3.21. The monoisotopic (exact) mass is 204 g/mol. The van der Waals surface area contributed by atoms with Crippen molar-refractivity contribution in [2.24, 2.45) is 0 Å². The molecule has 1 fully saturated rings. The minimum absolute atomic E-state index is 0.0187. The Kier molecular flexibility index (Phi) is 1.53. The van der Waals surface area contributed by atoms with Gasteiger partial charge in [-0.1, -0.05) is 18.2 Å². The highest BCUT2D eigenvalue weighted by Crippen LogP contribution is 2.43. The van der Waals surface area contributed by atoms with Crippen molar-refractivity contribution in [3.05, 3.63) is 29.8 Å². The van der Waals surface area contributed by atoms with Crippen molar-refractivity contribution in [2.75, 3.05) is 11.4 Å². The smallest absolute Gasteiger partial charge is 0.242 e. The van der Waals surface area contributed by atoms with Gasteiger partial charge in [0.05, 0.1) is 12.2 Å². The van der Waals surface area contributed by atoms with Crippen LogP contribution in [0.4, 0.5) is 5.69 Å². The van der Waals surface area contributed by atoms with Crippen LogP contribution in [-0.2, 0) is 10.4 Å². The fraction of sp³-hybridized carbons (Fsp3) is 0.364. The second-order valence-corrected chi connectivity index (χ2v) is 4.21. The molecule has 1 aromatic rings. The van der Waals surface area contributed by atoms with Crippen molar-refractivity contribution in [3.63, 3.8) is 0 Å². The SMILES string of the molecule is C[C@]1(O)c2ccccc2N2C(=O)CN[C@@H]21. The molecule has 0 aromatic heterocycles. The normalized spacial score (nSPS) is 33.1. The van der Waals surface area contributed by atoms with Gasteiger partial charge in [-0.25, -0.2) is 0 Å². The lowest BCUT2D eigenvalue weighted by Crippen LogP contribution is -2.46. The van der Waals surface area contributed by atoms with E-state index in [-0.39, 0.29) is 12.1 Å². The first-order valence-corrected chi connectivity index (χ1v) is 4.99. The third-order valence-electron chi connectivity index (χ3n) is 3.21. The molecule has 0 bridgehead atoms. The fourth-order valence-corrected chi connectivity index (χ4v) is 2.49. The maximum absolute atomic E-state index is 11.7. The molecule has 0 saturated carbocycles. The van der Waals surface area contributed by atoms with E-state index in [1.165, 1.54) is 0 Å². The van der Waals surface area contributed by atoms with Crippen LogP contribution >= 0.6 is 0 Å². The zero-order valence-corrected chi connectivity index (χ0v) is 8.40. The van der Waals surface area contributed by atoms with Crippen LogP contribution in [0.15, 0.2) is 24.3 Å². The summed E-state index contributed by atoms with van der Waals surface area (Å²) < 4.78 is 0. The van der Waals surface area contributed by atoms with E-state index in [0.717, 1.165) is 11.3 Å². The lowest BCUT2D eigenvalue weighted by atomic mass is 9.96. The minimum atomic E-state index is -0.997. The second-order valence-electron chi connectivity index (χ2n) is 4.21. The van der Waals surface area contributed by atoms with Gasteiger partial charge >= 0.3 is 0 Å². The summed E-state index contributed by atoms with van der Waals surface area (Å²) in [6, 6.07) is 7.49. The molecule has 4 heteroatoms. The van der Waals surface area contributed by atoms with Gasteiger partial charge in [-0.15, -0.1) is 0 Å². The molecular weight excluding hydrogens is 192 g/mol. The fourth-order valence-electron chi connectivity index (χ4n) is 2.49. The van der Waals surface area contributed by atoms with E-state index in [0.29, 0.717) is 6.54 Å². The highest BCUT2D eigenvalue weighted by molar-refractivity contribution is 6.00. The van der Waals surface area contributed by atoms with Crippen LogP contribution < -0.4 is 10.2 Å². The van der Waals surface area contributed by atoms with E-state index in [9.17, 15) is 9.90 Å². The summed E-state index contributed by atoms with van der Waals surface area (Å²) in [7, 11) is 0. The molecule has 2 N–H and O–H groups in total. The van der Waals surface area contributed by atoms with Gasteiger partial charge in [-0.05, 0) is 13.0 Å². The number of benzene rings is 1. The summed E-state index contributed by atoms with van der Waals surface area (Å²) in [5.74, 6) is 0.0187. The van der Waals surface area contributed by atoms with Gasteiger partial charge in [0.15, 0.2) is 0 Å². The molecule has 0 aliphatic carbocycles. The lowest BCUT2D eigenvalue weighted by molar-refractivity contribution is -0.116. The van der Waals surface area contributed by atoms with Crippen molar-refractivity contribution in [1.82, 2.24) is 5.32 Å². The number of nitrogens with one attached hydrogen (secondary N) is 1. The first-order valence-electron chi connectivity index (χ1n) is 4.99. The van der Waals surface area contributed by atoms with Crippen LogP contribution in [0.3, 0.4) is 0 Å². The van der Waals surface area contributed by atoms with Gasteiger partial charge in [0, 0.05) is 5.56 Å². The number of rotatable bonds is 0. The zero-order chi connectivity index (χ0) is 10.6. The maximum atomic E-state index is 11.7. The molecule has 1 amide bonds. The van der Waals surface area contributed by atoms with E-state index in [4.69, 9.17) is 0 Å². The van der Waals surface area contributed by atoms with Crippen LogP contribution in [0, 0.1) is 0 Å². The Morgan fingerprint density at radius 3 is 3.07 bits per heavy atom. The Morgan fingerprint density at radius 1 is 1.53 bits per heavy atom. The van der Waals surface area contributed by atoms with Crippen molar-refractivity contribution in [3.8, 4) is 0 Å². The van der Waals surface area contributed by atoms with Crippen LogP contribution in [0.2, 0.25) is 0 Å². The Hall–Kier alpha value is -1.39. The first-order chi connectivity index (χ1) is 7.12. The predicted octanol–water partition coefficient (Wildman–Crippen LogP) is 0.170. The van der Waals surface area contributed by atoms with Gasteiger partial charge in [-0.2, -0.15) is 0 Å². The number of hydrogen-bond donors (Lipinski definition) is 2. The summed E-state index contributed by atoms with van der Waals surface area (Å²) in [6.07, 6.45) is -0.317. The van der Waals surface area contributed by atoms with E-state index < -0.39 is 5.60 Å². The molecule has 0 spiro atoms. The summed E-state index contributed by atoms with van der Waals surface area (Å²) in [5, 5.41) is 13.4. The number of carbonyl (C=O) groups excluding carboxylic acids is 1. The molecule has 2 aliphatic rings. The number of fused-ring (bicyclic) bond motifs is 3. The molecule has 1 saturated heterocycles. The van der Waals surface area contributed by atoms with Gasteiger partial charge in [0.25, 0.3) is 0 Å². The summed E-state index contributed by atoms with van der Waals surface area (Å²) in [6.45, 7) is 2.04. The maximum Gasteiger partial charge on any atom is 0.242 e. The molecular formula is C11H12N2O2. The zero-order valence-electron chi connectivity index (χ0n) is 8.40. The number of carbonyl (C=O) groups is 1. The van der Waals surface area contributed by atoms with Crippen molar-refractivity contribution in [2.45, 2.75) is 18.7 Å². The molecule has 1 aromatic carbocycles. The van der Waals surface area contributed by atoms with Crippen molar-refractivity contribution in [1.29, 1.82) is 0 Å². The van der Waals surface area contributed by atoms with Gasteiger partial charge in [0.1, 0.15) is 11.8 Å². The standard InChI is InChI=1S/C11H12N2O2/c1-11(15)7-4-2-3-5-8(7)13-9(14)6-12-10(11)13/h2-5,10,12,15H,6H2,1H3/t10-,11-/m0/s1. The van der Waals surface area contributed by atoms with E-state index in [2.05, 4.69) is 5.32 Å². The lowest BCUT2D eigenvalue weighted by Gasteiger charge is -2.25. The number of anilines is 1. The molecule has 78 valence electrons. The molecule has 0 unspecified atom stereocenters. The molecule has 4 nitrogen and oxygen atoms in total. The van der Waals surface area contributed by atoms with Crippen LogP contribution in [0.1, 0.15) is 12.5 Å². The average Bonchev–Trinajstić information content (AvgIpc) is 2.69. The molecule has 3 rings (SSSR count). The molecule has 2 atom stereocenters. The van der Waals surface area contributed by atoms with Gasteiger partial charge in [0.2, 0.25) is 5.91 Å². The van der Waals surface area contributed by atoms with Crippen molar-refractivity contribution < 1.29 is 9.90 Å². The summed E-state index contributed by atoms with van der Waals surface area (Å²) >= 11 is 0. The van der Waals surface area contributed by atoms with Crippen LogP contribution in [0.25, 0.3) is 0 Å². The number of amides is 1. The number of hydrogen-bond acceptors (Lipinski definition) is 3. The van der Waals surface area contributed by atoms with E-state index >= 15 is 0 Å². The van der Waals surface area contributed by atoms with Gasteiger partial charge in [-0.3, -0.25) is 15.0 Å². The summed E-state index contributed by atoms with van der Waals surface area (Å²) in [5.41, 5.74) is 0.640. The number of aliphatic hydroxyl groups is 1. The highest BCUT2D eigenvalue weighted by Gasteiger charge is 2.51. The van der Waals surface area contributed by atoms with Crippen LogP contribution in [0.5, 0.6) is 0 Å². The molecule has 15 heavy (non-hydrogen) atoms. The Morgan fingerprint density at radius 2 is 2.27 bits per heavy atom. The summed E-state index contributed by atoms with van der Waals surface area (Å²) in [4.78, 5) is 13.3. The topological polar surface area (TPSA) is 52.6 Å². The Balaban J connectivity index is 2.23. The van der Waals surface area contributed by atoms with E-state index in [1.807, 2.05) is 24.3 Å². The third kappa shape index (κ3) is 0.952. The molecule has 2 aliphatic heterocycles. The Bertz CT molecular complexity index is 442. The average molecular weight is 204 g/mol. The highest BCUT2D eigenvalue weighted by atomic mass is 16.3. The first kappa shape index (κ1) is 8.88. The van der Waals surface area contributed by atoms with Crippen LogP contribution in [-0.4, -0.2) is 23.7 Å². The largest absolute Gasteiger partial charge is 0.382 e. The Labute approximate surface area is 87.5 Å². The number of nitrogens with zero attached hydrogens (tertiary/aromatic N) is 1.